The van der Waals surface area contributed by atoms with E-state index in [2.05, 4.69) is 65.5 Å². The van der Waals surface area contributed by atoms with Crippen LogP contribution in [0.15, 0.2) is 43.8 Å². The van der Waals surface area contributed by atoms with Crippen LogP contribution in [0.2, 0.25) is 0 Å². The van der Waals surface area contributed by atoms with Crippen molar-refractivity contribution in [1.29, 1.82) is 0 Å². The molecule has 0 amide bonds. The maximum atomic E-state index is 5.61. The van der Waals surface area contributed by atoms with Crippen molar-refractivity contribution in [3.05, 3.63) is 43.8 Å². The van der Waals surface area contributed by atoms with E-state index in [9.17, 15) is 0 Å². The van der Waals surface area contributed by atoms with E-state index >= 15 is 0 Å². The van der Waals surface area contributed by atoms with Gasteiger partial charge < -0.3 is 16.4 Å². The summed E-state index contributed by atoms with van der Waals surface area (Å²) in [6.45, 7) is 13.3. The number of nitrogens with two attached hydrogens (primary N) is 2. The Hall–Kier alpha value is -1.59. The van der Waals surface area contributed by atoms with Crippen LogP contribution in [-0.4, -0.2) is 29.1 Å². The second kappa shape index (κ2) is 20.8. The highest BCUT2D eigenvalue weighted by molar-refractivity contribution is 4.92. The number of aromatic nitrogens is 2. The first kappa shape index (κ1) is 30.4. The van der Waals surface area contributed by atoms with Crippen molar-refractivity contribution >= 4 is 0 Å². The number of rotatable bonds is 23. The molecule has 1 rings (SSSR count). The van der Waals surface area contributed by atoms with Crippen LogP contribution in [0.1, 0.15) is 97.3 Å². The lowest BCUT2D eigenvalue weighted by atomic mass is 9.90. The summed E-state index contributed by atoms with van der Waals surface area (Å²) in [4.78, 5) is 2.15. The van der Waals surface area contributed by atoms with E-state index in [0.717, 1.165) is 51.5 Å². The molecule has 1 aromatic heterocycles. The summed E-state index contributed by atoms with van der Waals surface area (Å²) in [7, 11) is 0. The van der Waals surface area contributed by atoms with Crippen LogP contribution in [0.4, 0.5) is 0 Å². The van der Waals surface area contributed by atoms with Gasteiger partial charge in [0, 0.05) is 6.54 Å². The Balaban J connectivity index is 1.94. The maximum Gasteiger partial charge on any atom is 0.243 e. The Morgan fingerprint density at radius 1 is 0.882 bits per heavy atom. The summed E-state index contributed by atoms with van der Waals surface area (Å²) in [5.41, 5.74) is 11.2. The average molecular weight is 475 g/mol. The minimum atomic E-state index is 0.606. The molecule has 0 aliphatic rings. The van der Waals surface area contributed by atoms with Gasteiger partial charge in [-0.3, -0.25) is 0 Å². The van der Waals surface area contributed by atoms with E-state index in [1.165, 1.54) is 70.6 Å². The SMILES string of the molecule is C=CN(C=CC(C)C(C)CCCCCCCCCCCCn1cc[n+](CCCN)c1)CCCN. The standard InChI is InChI=1S/C29H56N5/c1-4-32(22-15-19-30)24-18-29(3)28(2)17-13-11-9-7-5-6-8-10-12-14-21-33-25-26-34(27-33)23-16-20-31/h4,18,24-29H,1,5-17,19-23,30-31H2,2-3H3/q+1. The van der Waals surface area contributed by atoms with Crippen molar-refractivity contribution in [3.8, 4) is 0 Å². The third-order valence-corrected chi connectivity index (χ3v) is 7.03. The monoisotopic (exact) mass is 474 g/mol. The lowest BCUT2D eigenvalue weighted by Gasteiger charge is -2.19. The fraction of sp³-hybridized carbons (Fsp3) is 0.759. The summed E-state index contributed by atoms with van der Waals surface area (Å²) in [5.74, 6) is 1.34. The highest BCUT2D eigenvalue weighted by Gasteiger charge is 2.09. The zero-order valence-electron chi connectivity index (χ0n) is 22.6. The molecule has 5 nitrogen and oxygen atoms in total. The minimum absolute atomic E-state index is 0.606. The van der Waals surface area contributed by atoms with E-state index in [0.29, 0.717) is 5.92 Å². The van der Waals surface area contributed by atoms with Gasteiger partial charge in [-0.05, 0) is 63.0 Å². The van der Waals surface area contributed by atoms with Crippen LogP contribution in [0.5, 0.6) is 0 Å². The van der Waals surface area contributed by atoms with E-state index in [4.69, 9.17) is 11.5 Å². The van der Waals surface area contributed by atoms with E-state index in [1.807, 2.05) is 6.20 Å². The molecule has 0 spiro atoms. The smallest absolute Gasteiger partial charge is 0.243 e. The third kappa shape index (κ3) is 15.3. The Morgan fingerprint density at radius 2 is 1.50 bits per heavy atom. The lowest BCUT2D eigenvalue weighted by Crippen LogP contribution is -2.32. The number of allylic oxidation sites excluding steroid dienone is 1. The van der Waals surface area contributed by atoms with E-state index in [-0.39, 0.29) is 0 Å². The molecular weight excluding hydrogens is 418 g/mol. The highest BCUT2D eigenvalue weighted by Crippen LogP contribution is 2.21. The molecule has 196 valence electrons. The molecule has 1 aromatic rings. The summed E-state index contributed by atoms with van der Waals surface area (Å²) < 4.78 is 4.56. The average Bonchev–Trinajstić information content (AvgIpc) is 3.30. The van der Waals surface area contributed by atoms with Crippen LogP contribution in [-0.2, 0) is 13.1 Å². The first-order chi connectivity index (χ1) is 16.6. The van der Waals surface area contributed by atoms with Gasteiger partial charge in [0.05, 0.1) is 13.1 Å². The first-order valence-electron chi connectivity index (χ1n) is 14.1. The van der Waals surface area contributed by atoms with Crippen molar-refractivity contribution in [2.45, 2.75) is 110 Å². The van der Waals surface area contributed by atoms with Gasteiger partial charge in [0.2, 0.25) is 6.33 Å². The molecule has 0 aliphatic carbocycles. The molecule has 2 atom stereocenters. The molecular formula is C29H56N5+. The normalized spacial score (nSPS) is 13.4. The van der Waals surface area contributed by atoms with Crippen molar-refractivity contribution in [1.82, 2.24) is 9.47 Å². The molecule has 0 fully saturated rings. The van der Waals surface area contributed by atoms with E-state index < -0.39 is 0 Å². The predicted molar refractivity (Wildman–Crippen MR) is 147 cm³/mol. The van der Waals surface area contributed by atoms with Gasteiger partial charge in [-0.15, -0.1) is 0 Å². The van der Waals surface area contributed by atoms with Crippen molar-refractivity contribution < 1.29 is 4.57 Å². The van der Waals surface area contributed by atoms with Gasteiger partial charge in [-0.25, -0.2) is 9.13 Å². The summed E-state index contributed by atoms with van der Waals surface area (Å²) in [5, 5.41) is 0. The largest absolute Gasteiger partial charge is 0.355 e. The molecule has 0 radical (unpaired) electrons. The molecule has 0 aromatic carbocycles. The number of imidazole rings is 1. The van der Waals surface area contributed by atoms with Gasteiger partial charge in [-0.2, -0.15) is 0 Å². The van der Waals surface area contributed by atoms with Gasteiger partial charge in [0.15, 0.2) is 0 Å². The number of nitrogens with zero attached hydrogens (tertiary/aromatic N) is 3. The summed E-state index contributed by atoms with van der Waals surface area (Å²) in [6.07, 6.45) is 30.2. The molecule has 4 N–H and O–H groups in total. The molecule has 5 heteroatoms. The molecule has 0 saturated carbocycles. The van der Waals surface area contributed by atoms with Crippen LogP contribution < -0.4 is 16.0 Å². The zero-order chi connectivity index (χ0) is 24.9. The van der Waals surface area contributed by atoms with Gasteiger partial charge in [0.1, 0.15) is 12.4 Å². The quantitative estimate of drug-likeness (QED) is 0.151. The van der Waals surface area contributed by atoms with Crippen molar-refractivity contribution in [2.75, 3.05) is 19.6 Å². The third-order valence-electron chi connectivity index (χ3n) is 7.03. The molecule has 0 aliphatic heterocycles. The Kier molecular flexibility index (Phi) is 18.6. The van der Waals surface area contributed by atoms with Crippen molar-refractivity contribution in [2.24, 2.45) is 23.3 Å². The fourth-order valence-electron chi connectivity index (χ4n) is 4.35. The van der Waals surface area contributed by atoms with E-state index in [1.54, 1.807) is 0 Å². The number of hydrogen-bond acceptors (Lipinski definition) is 3. The molecule has 2 unspecified atom stereocenters. The number of unbranched alkanes of at least 4 members (excludes halogenated alkanes) is 9. The summed E-state index contributed by atoms with van der Waals surface area (Å²) >= 11 is 0. The topological polar surface area (TPSA) is 64.1 Å². The molecule has 0 saturated heterocycles. The second-order valence-electron chi connectivity index (χ2n) is 10.1. The zero-order valence-corrected chi connectivity index (χ0v) is 22.6. The Morgan fingerprint density at radius 3 is 2.12 bits per heavy atom. The van der Waals surface area contributed by atoms with Crippen LogP contribution in [0.3, 0.4) is 0 Å². The van der Waals surface area contributed by atoms with Crippen LogP contribution in [0.25, 0.3) is 0 Å². The number of hydrogen-bond donors (Lipinski definition) is 2. The fourth-order valence-corrected chi connectivity index (χ4v) is 4.35. The lowest BCUT2D eigenvalue weighted by molar-refractivity contribution is -0.696. The first-order valence-corrected chi connectivity index (χ1v) is 14.1. The number of aryl methyl sites for hydroxylation is 2. The van der Waals surface area contributed by atoms with Gasteiger partial charge in [0.25, 0.3) is 0 Å². The predicted octanol–water partition coefficient (Wildman–Crippen LogP) is 6.00. The van der Waals surface area contributed by atoms with Crippen LogP contribution >= 0.6 is 0 Å². The van der Waals surface area contributed by atoms with Crippen molar-refractivity contribution in [3.63, 3.8) is 0 Å². The molecule has 0 bridgehead atoms. The van der Waals surface area contributed by atoms with Gasteiger partial charge in [-0.1, -0.05) is 84.3 Å². The minimum Gasteiger partial charge on any atom is -0.355 e. The Bertz CT molecular complexity index is 624. The molecule has 1 heterocycles. The van der Waals surface area contributed by atoms with Gasteiger partial charge >= 0.3 is 0 Å². The molecule has 34 heavy (non-hydrogen) atoms. The highest BCUT2D eigenvalue weighted by atomic mass is 15.1. The maximum absolute atomic E-state index is 5.61. The summed E-state index contributed by atoms with van der Waals surface area (Å²) in [6, 6.07) is 0. The Labute approximate surface area is 211 Å². The van der Waals surface area contributed by atoms with Crippen LogP contribution in [0, 0.1) is 11.8 Å². The second-order valence-corrected chi connectivity index (χ2v) is 10.1.